The van der Waals surface area contributed by atoms with Crippen molar-refractivity contribution in [1.29, 1.82) is 0 Å². The number of carbonyl (C=O) groups excluding carboxylic acids is 1. The summed E-state index contributed by atoms with van der Waals surface area (Å²) in [7, 11) is 0. The lowest BCUT2D eigenvalue weighted by Gasteiger charge is -2.08. The van der Waals surface area contributed by atoms with Gasteiger partial charge in [0.1, 0.15) is 5.75 Å². The summed E-state index contributed by atoms with van der Waals surface area (Å²) >= 11 is 0. The van der Waals surface area contributed by atoms with Crippen LogP contribution < -0.4 is 15.8 Å². The largest absolute Gasteiger partial charge is 0.494 e. The van der Waals surface area contributed by atoms with Gasteiger partial charge in [0.05, 0.1) is 6.61 Å². The minimum atomic E-state index is -0.0906. The van der Waals surface area contributed by atoms with Crippen molar-refractivity contribution in [2.24, 2.45) is 5.73 Å². The van der Waals surface area contributed by atoms with Gasteiger partial charge in [-0.1, -0.05) is 6.07 Å². The number of rotatable bonds is 6. The minimum Gasteiger partial charge on any atom is -0.494 e. The van der Waals surface area contributed by atoms with E-state index in [2.05, 4.69) is 5.32 Å². The first kappa shape index (κ1) is 13.5. The molecule has 0 heterocycles. The van der Waals surface area contributed by atoms with Crippen LogP contribution in [0.1, 0.15) is 30.6 Å². The van der Waals surface area contributed by atoms with E-state index in [1.165, 1.54) is 0 Å². The number of nitrogens with one attached hydrogen (secondary N) is 1. The Morgan fingerprint density at radius 2 is 2.29 bits per heavy atom. The molecule has 1 atom stereocenters. The van der Waals surface area contributed by atoms with Gasteiger partial charge in [-0.2, -0.15) is 0 Å². The zero-order chi connectivity index (χ0) is 12.7. The van der Waals surface area contributed by atoms with Gasteiger partial charge in [-0.05, 0) is 38.5 Å². The maximum absolute atomic E-state index is 11.8. The predicted octanol–water partition coefficient (Wildman–Crippen LogP) is 1.55. The Morgan fingerprint density at radius 3 is 2.94 bits per heavy atom. The molecule has 94 valence electrons. The van der Waals surface area contributed by atoms with E-state index in [9.17, 15) is 4.79 Å². The lowest BCUT2D eigenvalue weighted by atomic mass is 10.2. The van der Waals surface area contributed by atoms with Gasteiger partial charge in [-0.25, -0.2) is 0 Å². The molecule has 1 aromatic carbocycles. The molecule has 0 aliphatic rings. The standard InChI is InChI=1S/C13H20N2O2/c1-3-17-12-6-4-5-11(9-12)13(16)15-8-7-10(2)14/h4-6,9-10H,3,7-8,14H2,1-2H3,(H,15,16). The molecular weight excluding hydrogens is 216 g/mol. The van der Waals surface area contributed by atoms with Crippen molar-refractivity contribution in [3.8, 4) is 5.75 Å². The van der Waals surface area contributed by atoms with E-state index in [1.807, 2.05) is 26.0 Å². The summed E-state index contributed by atoms with van der Waals surface area (Å²) in [6.07, 6.45) is 0.775. The van der Waals surface area contributed by atoms with Crippen molar-refractivity contribution in [3.63, 3.8) is 0 Å². The van der Waals surface area contributed by atoms with Gasteiger partial charge >= 0.3 is 0 Å². The first-order valence-corrected chi connectivity index (χ1v) is 5.90. The van der Waals surface area contributed by atoms with Crippen LogP contribution >= 0.6 is 0 Å². The van der Waals surface area contributed by atoms with Crippen LogP contribution in [-0.2, 0) is 0 Å². The predicted molar refractivity (Wildman–Crippen MR) is 68.2 cm³/mol. The first-order chi connectivity index (χ1) is 8.13. The SMILES string of the molecule is CCOc1cccc(C(=O)NCCC(C)N)c1. The van der Waals surface area contributed by atoms with Crippen LogP contribution in [0.3, 0.4) is 0 Å². The molecule has 0 radical (unpaired) electrons. The van der Waals surface area contributed by atoms with Crippen molar-refractivity contribution in [2.45, 2.75) is 26.3 Å². The molecule has 4 nitrogen and oxygen atoms in total. The van der Waals surface area contributed by atoms with Crippen LogP contribution in [0.5, 0.6) is 5.75 Å². The fraction of sp³-hybridized carbons (Fsp3) is 0.462. The number of hydrogen-bond acceptors (Lipinski definition) is 3. The number of hydrogen-bond donors (Lipinski definition) is 2. The van der Waals surface area contributed by atoms with E-state index in [-0.39, 0.29) is 11.9 Å². The highest BCUT2D eigenvalue weighted by atomic mass is 16.5. The second-order valence-electron chi connectivity index (χ2n) is 3.98. The monoisotopic (exact) mass is 236 g/mol. The van der Waals surface area contributed by atoms with Crippen molar-refractivity contribution < 1.29 is 9.53 Å². The van der Waals surface area contributed by atoms with Crippen molar-refractivity contribution >= 4 is 5.91 Å². The molecule has 0 aliphatic heterocycles. The Morgan fingerprint density at radius 1 is 1.53 bits per heavy atom. The number of benzene rings is 1. The summed E-state index contributed by atoms with van der Waals surface area (Å²) in [5, 5.41) is 2.83. The molecule has 0 saturated heterocycles. The Hall–Kier alpha value is -1.55. The zero-order valence-electron chi connectivity index (χ0n) is 10.4. The summed E-state index contributed by atoms with van der Waals surface area (Å²) in [6, 6.07) is 7.26. The van der Waals surface area contributed by atoms with E-state index in [4.69, 9.17) is 10.5 Å². The van der Waals surface area contributed by atoms with E-state index in [0.29, 0.717) is 24.5 Å². The Balaban J connectivity index is 2.53. The first-order valence-electron chi connectivity index (χ1n) is 5.90. The second-order valence-corrected chi connectivity index (χ2v) is 3.98. The highest BCUT2D eigenvalue weighted by molar-refractivity contribution is 5.94. The molecular formula is C13H20N2O2. The summed E-state index contributed by atoms with van der Waals surface area (Å²) in [5.74, 6) is 0.625. The van der Waals surface area contributed by atoms with E-state index >= 15 is 0 Å². The fourth-order valence-corrected chi connectivity index (χ4v) is 1.41. The van der Waals surface area contributed by atoms with Gasteiger partial charge < -0.3 is 15.8 Å². The third-order valence-corrected chi connectivity index (χ3v) is 2.29. The second kappa shape index (κ2) is 6.91. The Bertz CT molecular complexity index is 364. The molecule has 3 N–H and O–H groups in total. The Labute approximate surface area is 102 Å². The lowest BCUT2D eigenvalue weighted by Crippen LogP contribution is -2.28. The van der Waals surface area contributed by atoms with Gasteiger partial charge in [-0.15, -0.1) is 0 Å². The quantitative estimate of drug-likeness (QED) is 0.787. The molecule has 0 aliphatic carbocycles. The van der Waals surface area contributed by atoms with E-state index in [1.54, 1.807) is 12.1 Å². The number of carbonyl (C=O) groups is 1. The molecule has 0 fully saturated rings. The molecule has 1 amide bonds. The average Bonchev–Trinajstić information content (AvgIpc) is 2.29. The Kier molecular flexibility index (Phi) is 5.49. The average molecular weight is 236 g/mol. The zero-order valence-corrected chi connectivity index (χ0v) is 10.4. The fourth-order valence-electron chi connectivity index (χ4n) is 1.41. The number of amides is 1. The molecule has 1 rings (SSSR count). The lowest BCUT2D eigenvalue weighted by molar-refractivity contribution is 0.0952. The normalized spacial score (nSPS) is 11.9. The van der Waals surface area contributed by atoms with Gasteiger partial charge in [0.2, 0.25) is 0 Å². The third-order valence-electron chi connectivity index (χ3n) is 2.29. The summed E-state index contributed by atoms with van der Waals surface area (Å²) in [5.41, 5.74) is 6.22. The van der Waals surface area contributed by atoms with Crippen LogP contribution in [0.15, 0.2) is 24.3 Å². The maximum atomic E-state index is 11.8. The molecule has 0 bridgehead atoms. The van der Waals surface area contributed by atoms with Crippen LogP contribution in [0.4, 0.5) is 0 Å². The molecule has 1 unspecified atom stereocenters. The smallest absolute Gasteiger partial charge is 0.251 e. The van der Waals surface area contributed by atoms with E-state index in [0.717, 1.165) is 6.42 Å². The number of ether oxygens (including phenoxy) is 1. The molecule has 0 saturated carbocycles. The van der Waals surface area contributed by atoms with Crippen LogP contribution in [0, 0.1) is 0 Å². The molecule has 4 heteroatoms. The van der Waals surface area contributed by atoms with Crippen molar-refractivity contribution in [1.82, 2.24) is 5.32 Å². The number of nitrogens with two attached hydrogens (primary N) is 1. The highest BCUT2D eigenvalue weighted by Gasteiger charge is 2.06. The van der Waals surface area contributed by atoms with Crippen LogP contribution in [0.25, 0.3) is 0 Å². The van der Waals surface area contributed by atoms with E-state index < -0.39 is 0 Å². The molecule has 0 spiro atoms. The molecule has 1 aromatic rings. The summed E-state index contributed by atoms with van der Waals surface area (Å²) < 4.78 is 5.34. The summed E-state index contributed by atoms with van der Waals surface area (Å²) in [6.45, 7) is 5.02. The van der Waals surface area contributed by atoms with Crippen molar-refractivity contribution in [3.05, 3.63) is 29.8 Å². The van der Waals surface area contributed by atoms with Gasteiger partial charge in [0, 0.05) is 18.2 Å². The van der Waals surface area contributed by atoms with Gasteiger partial charge in [0.25, 0.3) is 5.91 Å². The van der Waals surface area contributed by atoms with Gasteiger partial charge in [0.15, 0.2) is 0 Å². The van der Waals surface area contributed by atoms with Crippen molar-refractivity contribution in [2.75, 3.05) is 13.2 Å². The summed E-state index contributed by atoms with van der Waals surface area (Å²) in [4.78, 5) is 11.8. The molecule has 17 heavy (non-hydrogen) atoms. The third kappa shape index (κ3) is 4.87. The topological polar surface area (TPSA) is 64.3 Å². The van der Waals surface area contributed by atoms with Crippen LogP contribution in [-0.4, -0.2) is 25.1 Å². The molecule has 0 aromatic heterocycles. The minimum absolute atomic E-state index is 0.0906. The highest BCUT2D eigenvalue weighted by Crippen LogP contribution is 2.13. The van der Waals surface area contributed by atoms with Crippen LogP contribution in [0.2, 0.25) is 0 Å². The van der Waals surface area contributed by atoms with Gasteiger partial charge in [-0.3, -0.25) is 4.79 Å². The maximum Gasteiger partial charge on any atom is 0.251 e.